The summed E-state index contributed by atoms with van der Waals surface area (Å²) in [6.45, 7) is 0. The van der Waals surface area contributed by atoms with Crippen LogP contribution in [0.3, 0.4) is 0 Å². The molecule has 0 aromatic carbocycles. The van der Waals surface area contributed by atoms with Crippen molar-refractivity contribution in [3.63, 3.8) is 0 Å². The highest BCUT2D eigenvalue weighted by Crippen LogP contribution is 2.19. The van der Waals surface area contributed by atoms with Crippen LogP contribution in [0, 0.1) is 0 Å². The van der Waals surface area contributed by atoms with E-state index in [1.54, 1.807) is 11.3 Å². The second-order valence-corrected chi connectivity index (χ2v) is 3.95. The number of aromatic nitrogens is 6. The van der Waals surface area contributed by atoms with Crippen molar-refractivity contribution in [2.45, 2.75) is 0 Å². The fourth-order valence-corrected chi connectivity index (χ4v) is 1.95. The van der Waals surface area contributed by atoms with Crippen molar-refractivity contribution in [2.24, 2.45) is 0 Å². The topological polar surface area (TPSA) is 95.4 Å². The van der Waals surface area contributed by atoms with Gasteiger partial charge in [0.05, 0.1) is 0 Å². The molecule has 0 spiro atoms. The monoisotopic (exact) mass is 245 g/mol. The van der Waals surface area contributed by atoms with E-state index < -0.39 is 0 Å². The lowest BCUT2D eigenvalue weighted by molar-refractivity contribution is 0.800. The lowest BCUT2D eigenvalue weighted by atomic mass is 10.3. The van der Waals surface area contributed by atoms with Gasteiger partial charge in [-0.3, -0.25) is 0 Å². The fourth-order valence-electron chi connectivity index (χ4n) is 1.32. The fraction of sp³-hybridized carbons (Fsp3) is 0. The van der Waals surface area contributed by atoms with E-state index >= 15 is 0 Å². The van der Waals surface area contributed by atoms with Gasteiger partial charge in [-0.25, -0.2) is 4.98 Å². The van der Waals surface area contributed by atoms with Gasteiger partial charge in [-0.05, 0) is 11.4 Å². The van der Waals surface area contributed by atoms with Crippen molar-refractivity contribution in [1.29, 1.82) is 0 Å². The summed E-state index contributed by atoms with van der Waals surface area (Å²) in [5.41, 5.74) is 6.56. The molecule has 8 heteroatoms. The summed E-state index contributed by atoms with van der Waals surface area (Å²) in [7, 11) is 0. The predicted octanol–water partition coefficient (Wildman–Crippen LogP) is 0.763. The Morgan fingerprint density at radius 2 is 2.18 bits per heavy atom. The number of nitrogens with two attached hydrogens (primary N) is 1. The third kappa shape index (κ3) is 1.85. The minimum atomic E-state index is 0.159. The van der Waals surface area contributed by atoms with Gasteiger partial charge < -0.3 is 5.73 Å². The SMILES string of the molecule is Nc1nc(-c2ccsc2)nc(-n2cncn2)n1. The summed E-state index contributed by atoms with van der Waals surface area (Å²) in [5.74, 6) is 1.05. The average molecular weight is 245 g/mol. The Balaban J connectivity index is 2.13. The molecule has 0 saturated heterocycles. The van der Waals surface area contributed by atoms with Crippen LogP contribution in [0.15, 0.2) is 29.5 Å². The van der Waals surface area contributed by atoms with Crippen LogP contribution in [-0.2, 0) is 0 Å². The van der Waals surface area contributed by atoms with Gasteiger partial charge in [0.15, 0.2) is 5.82 Å². The van der Waals surface area contributed by atoms with E-state index in [0.717, 1.165) is 5.56 Å². The first-order chi connectivity index (χ1) is 8.33. The Hall–Kier alpha value is -2.35. The van der Waals surface area contributed by atoms with Crippen molar-refractivity contribution in [2.75, 3.05) is 5.73 Å². The standard InChI is InChI=1S/C9H7N7S/c10-8-13-7(6-1-2-17-3-6)14-9(15-8)16-5-11-4-12-16/h1-5H,(H2,10,13,14,15). The molecule has 0 aliphatic rings. The zero-order valence-electron chi connectivity index (χ0n) is 8.56. The Bertz CT molecular complexity index is 564. The normalized spacial score (nSPS) is 10.6. The number of rotatable bonds is 2. The summed E-state index contributed by atoms with van der Waals surface area (Å²) < 4.78 is 1.44. The molecule has 0 fully saturated rings. The molecular formula is C9H7N7S. The predicted molar refractivity (Wildman–Crippen MR) is 62.5 cm³/mol. The first-order valence-electron chi connectivity index (χ1n) is 4.72. The maximum atomic E-state index is 5.65. The largest absolute Gasteiger partial charge is 0.368 e. The van der Waals surface area contributed by atoms with Crippen LogP contribution in [0.5, 0.6) is 0 Å². The van der Waals surface area contributed by atoms with E-state index in [0.29, 0.717) is 11.8 Å². The van der Waals surface area contributed by atoms with Gasteiger partial charge in [0.25, 0.3) is 5.95 Å². The first kappa shape index (κ1) is 9.85. The highest BCUT2D eigenvalue weighted by Gasteiger charge is 2.08. The Morgan fingerprint density at radius 3 is 2.88 bits per heavy atom. The van der Waals surface area contributed by atoms with Crippen LogP contribution >= 0.6 is 11.3 Å². The van der Waals surface area contributed by atoms with Gasteiger partial charge >= 0.3 is 0 Å². The smallest absolute Gasteiger partial charge is 0.257 e. The average Bonchev–Trinajstić information content (AvgIpc) is 3.02. The zero-order chi connectivity index (χ0) is 11.7. The van der Waals surface area contributed by atoms with Crippen molar-refractivity contribution in [3.8, 4) is 17.3 Å². The van der Waals surface area contributed by atoms with Crippen LogP contribution in [-0.4, -0.2) is 29.7 Å². The molecule has 0 bridgehead atoms. The van der Waals surface area contributed by atoms with Gasteiger partial charge in [-0.15, -0.1) is 0 Å². The molecule has 0 saturated carbocycles. The van der Waals surface area contributed by atoms with E-state index in [-0.39, 0.29) is 5.95 Å². The number of nitrogen functional groups attached to an aromatic ring is 1. The van der Waals surface area contributed by atoms with E-state index in [1.165, 1.54) is 17.3 Å². The van der Waals surface area contributed by atoms with Crippen molar-refractivity contribution in [1.82, 2.24) is 29.7 Å². The lowest BCUT2D eigenvalue weighted by Crippen LogP contribution is -2.07. The summed E-state index contributed by atoms with van der Waals surface area (Å²) in [4.78, 5) is 16.2. The molecule has 0 aliphatic carbocycles. The molecule has 0 radical (unpaired) electrons. The number of hydrogen-bond donors (Lipinski definition) is 1. The molecule has 0 amide bonds. The molecule has 3 aromatic heterocycles. The van der Waals surface area contributed by atoms with E-state index in [1.807, 2.05) is 16.8 Å². The van der Waals surface area contributed by atoms with E-state index in [4.69, 9.17) is 5.73 Å². The van der Waals surface area contributed by atoms with Gasteiger partial charge in [0, 0.05) is 10.9 Å². The summed E-state index contributed by atoms with van der Waals surface area (Å²) in [5, 5.41) is 7.84. The molecule has 3 aromatic rings. The van der Waals surface area contributed by atoms with Gasteiger partial charge in [-0.2, -0.15) is 36.1 Å². The molecule has 7 nitrogen and oxygen atoms in total. The molecule has 84 valence electrons. The summed E-state index contributed by atoms with van der Waals surface area (Å²) >= 11 is 1.57. The number of nitrogens with zero attached hydrogens (tertiary/aromatic N) is 6. The number of hydrogen-bond acceptors (Lipinski definition) is 7. The first-order valence-corrected chi connectivity index (χ1v) is 5.66. The van der Waals surface area contributed by atoms with Gasteiger partial charge in [-0.1, -0.05) is 0 Å². The molecule has 2 N–H and O–H groups in total. The second-order valence-electron chi connectivity index (χ2n) is 3.17. The molecule has 0 atom stereocenters. The number of anilines is 1. The van der Waals surface area contributed by atoms with Crippen LogP contribution < -0.4 is 5.73 Å². The second kappa shape index (κ2) is 3.91. The molecule has 17 heavy (non-hydrogen) atoms. The third-order valence-corrected chi connectivity index (χ3v) is 2.73. The molecule has 3 heterocycles. The Kier molecular flexibility index (Phi) is 2.26. The van der Waals surface area contributed by atoms with E-state index in [2.05, 4.69) is 25.0 Å². The third-order valence-electron chi connectivity index (χ3n) is 2.04. The van der Waals surface area contributed by atoms with Crippen LogP contribution in [0.2, 0.25) is 0 Å². The highest BCUT2D eigenvalue weighted by molar-refractivity contribution is 7.08. The maximum absolute atomic E-state index is 5.65. The summed E-state index contributed by atoms with van der Waals surface area (Å²) in [6, 6.07) is 1.92. The minimum absolute atomic E-state index is 0.159. The Morgan fingerprint density at radius 1 is 1.24 bits per heavy atom. The van der Waals surface area contributed by atoms with Crippen molar-refractivity contribution < 1.29 is 0 Å². The highest BCUT2D eigenvalue weighted by atomic mass is 32.1. The molecule has 0 unspecified atom stereocenters. The van der Waals surface area contributed by atoms with Crippen LogP contribution in [0.4, 0.5) is 5.95 Å². The van der Waals surface area contributed by atoms with Crippen LogP contribution in [0.25, 0.3) is 17.3 Å². The van der Waals surface area contributed by atoms with Crippen LogP contribution in [0.1, 0.15) is 0 Å². The maximum Gasteiger partial charge on any atom is 0.257 e. The zero-order valence-corrected chi connectivity index (χ0v) is 9.37. The molecular weight excluding hydrogens is 238 g/mol. The lowest BCUT2D eigenvalue weighted by Gasteiger charge is -2.02. The number of thiophene rings is 1. The van der Waals surface area contributed by atoms with Crippen molar-refractivity contribution in [3.05, 3.63) is 29.5 Å². The summed E-state index contributed by atoms with van der Waals surface area (Å²) in [6.07, 6.45) is 2.91. The van der Waals surface area contributed by atoms with Gasteiger partial charge in [0.1, 0.15) is 12.7 Å². The molecule has 3 rings (SSSR count). The Labute approximate surface area is 100 Å². The minimum Gasteiger partial charge on any atom is -0.368 e. The quantitative estimate of drug-likeness (QED) is 0.716. The van der Waals surface area contributed by atoms with E-state index in [9.17, 15) is 0 Å². The molecule has 0 aliphatic heterocycles. The van der Waals surface area contributed by atoms with Gasteiger partial charge in [0.2, 0.25) is 5.95 Å². The van der Waals surface area contributed by atoms with Crippen molar-refractivity contribution >= 4 is 17.3 Å².